The first kappa shape index (κ1) is 25.5. The first-order chi connectivity index (χ1) is 17.2. The third kappa shape index (κ3) is 4.52. The van der Waals surface area contributed by atoms with E-state index >= 15 is 0 Å². The lowest BCUT2D eigenvalue weighted by molar-refractivity contribution is -0.138. The van der Waals surface area contributed by atoms with Crippen LogP contribution in [-0.4, -0.2) is 106 Å². The van der Waals surface area contributed by atoms with Crippen LogP contribution in [0, 0.1) is 5.92 Å². The lowest BCUT2D eigenvalue weighted by Gasteiger charge is -2.51. The van der Waals surface area contributed by atoms with Crippen molar-refractivity contribution in [2.24, 2.45) is 5.92 Å². The summed E-state index contributed by atoms with van der Waals surface area (Å²) in [5.41, 5.74) is 1.04. The molecule has 1 aromatic carbocycles. The molecule has 1 spiro atoms. The Bertz CT molecular complexity index is 942. The van der Waals surface area contributed by atoms with Crippen molar-refractivity contribution >= 4 is 11.9 Å². The predicted octanol–water partition coefficient (Wildman–Crippen LogP) is 2.25. The summed E-state index contributed by atoms with van der Waals surface area (Å²) >= 11 is 0. The van der Waals surface area contributed by atoms with Gasteiger partial charge in [0.1, 0.15) is 6.54 Å². The molecule has 2 aliphatic carbocycles. The highest BCUT2D eigenvalue weighted by molar-refractivity contribution is 5.86. The highest BCUT2D eigenvalue weighted by Gasteiger charge is 2.55. The number of aliphatic hydroxyl groups is 2. The van der Waals surface area contributed by atoms with Crippen molar-refractivity contribution in [2.45, 2.75) is 74.7 Å². The second-order valence-corrected chi connectivity index (χ2v) is 11.8. The van der Waals surface area contributed by atoms with Crippen LogP contribution < -0.4 is 0 Å². The van der Waals surface area contributed by atoms with E-state index in [0.717, 1.165) is 32.2 Å². The van der Waals surface area contributed by atoms with Gasteiger partial charge in [-0.05, 0) is 70.5 Å². The molecule has 2 atom stereocenters. The summed E-state index contributed by atoms with van der Waals surface area (Å²) in [7, 11) is 4.32. The molecule has 8 nitrogen and oxygen atoms in total. The number of rotatable bonds is 6. The number of urea groups is 1. The van der Waals surface area contributed by atoms with E-state index in [1.807, 2.05) is 0 Å². The molecule has 0 bridgehead atoms. The van der Waals surface area contributed by atoms with Crippen molar-refractivity contribution in [3.05, 3.63) is 35.9 Å². The molecule has 2 heterocycles. The molecule has 36 heavy (non-hydrogen) atoms. The molecule has 2 aliphatic heterocycles. The van der Waals surface area contributed by atoms with Crippen molar-refractivity contribution in [3.63, 3.8) is 0 Å². The molecule has 2 saturated carbocycles. The van der Waals surface area contributed by atoms with E-state index in [-0.39, 0.29) is 36.1 Å². The minimum atomic E-state index is -0.922. The van der Waals surface area contributed by atoms with Crippen LogP contribution in [0.3, 0.4) is 0 Å². The molecular formula is C28H42N4O4. The zero-order valence-electron chi connectivity index (χ0n) is 21.8. The van der Waals surface area contributed by atoms with Crippen molar-refractivity contribution in [1.82, 2.24) is 19.6 Å². The highest BCUT2D eigenvalue weighted by atomic mass is 16.3. The molecule has 4 aliphatic rings. The molecule has 198 valence electrons. The topological polar surface area (TPSA) is 87.6 Å². The van der Waals surface area contributed by atoms with Gasteiger partial charge in [-0.25, -0.2) is 4.79 Å². The van der Waals surface area contributed by atoms with E-state index in [0.29, 0.717) is 25.4 Å². The van der Waals surface area contributed by atoms with E-state index in [4.69, 9.17) is 0 Å². The SMILES string of the molecule is CN(C)[C@]1(c2ccccc2)CC[C@]2(CC1)CN(CC(=O)N1CC[C@H](O)[C@@H](O)C1)C(=O)N2CC1CCC1. The van der Waals surface area contributed by atoms with Gasteiger partial charge < -0.3 is 24.9 Å². The average molecular weight is 499 g/mol. The van der Waals surface area contributed by atoms with Gasteiger partial charge in [-0.3, -0.25) is 9.69 Å². The number of piperidine rings is 1. The molecule has 4 fully saturated rings. The van der Waals surface area contributed by atoms with Gasteiger partial charge in [0.2, 0.25) is 5.91 Å². The number of β-amino-alcohol motifs (C(OH)–C–C–N with tert-alkyl or cyclic N) is 1. The molecule has 0 aromatic heterocycles. The fraction of sp³-hybridized carbons (Fsp3) is 0.714. The molecule has 8 heteroatoms. The van der Waals surface area contributed by atoms with E-state index < -0.39 is 12.2 Å². The fourth-order valence-electron chi connectivity index (χ4n) is 6.92. The first-order valence-corrected chi connectivity index (χ1v) is 13.7. The number of carbonyl (C=O) groups excluding carboxylic acids is 2. The maximum Gasteiger partial charge on any atom is 0.321 e. The lowest BCUT2D eigenvalue weighted by Crippen LogP contribution is -2.56. The normalized spacial score (nSPS) is 33.5. The Balaban J connectivity index is 1.33. The minimum Gasteiger partial charge on any atom is -0.390 e. The molecule has 5 rings (SSSR count). The zero-order chi connectivity index (χ0) is 25.5. The smallest absolute Gasteiger partial charge is 0.321 e. The van der Waals surface area contributed by atoms with Crippen molar-refractivity contribution in [1.29, 1.82) is 0 Å². The molecule has 2 N–H and O–H groups in total. The van der Waals surface area contributed by atoms with Crippen LogP contribution in [0.25, 0.3) is 0 Å². The number of carbonyl (C=O) groups is 2. The average Bonchev–Trinajstić information content (AvgIpc) is 3.09. The Morgan fingerprint density at radius 1 is 1.03 bits per heavy atom. The van der Waals surface area contributed by atoms with Gasteiger partial charge in [0.05, 0.1) is 17.7 Å². The quantitative estimate of drug-likeness (QED) is 0.628. The summed E-state index contributed by atoms with van der Waals surface area (Å²) in [5.74, 6) is 0.424. The van der Waals surface area contributed by atoms with Crippen LogP contribution in [0.1, 0.15) is 56.9 Å². The first-order valence-electron chi connectivity index (χ1n) is 13.7. The van der Waals surface area contributed by atoms with Crippen LogP contribution in [-0.2, 0) is 10.3 Å². The number of aliphatic hydroxyl groups excluding tert-OH is 2. The predicted molar refractivity (Wildman–Crippen MR) is 137 cm³/mol. The Labute approximate surface area is 214 Å². The number of hydrogen-bond acceptors (Lipinski definition) is 5. The number of likely N-dealkylation sites (tertiary alicyclic amines) is 1. The second kappa shape index (κ2) is 9.95. The monoisotopic (exact) mass is 498 g/mol. The third-order valence-corrected chi connectivity index (χ3v) is 9.62. The molecule has 1 aromatic rings. The van der Waals surface area contributed by atoms with E-state index in [9.17, 15) is 19.8 Å². The van der Waals surface area contributed by atoms with Gasteiger partial charge in [0.15, 0.2) is 0 Å². The van der Waals surface area contributed by atoms with Crippen LogP contribution in [0.4, 0.5) is 4.79 Å². The van der Waals surface area contributed by atoms with E-state index in [2.05, 4.69) is 54.2 Å². The van der Waals surface area contributed by atoms with Crippen LogP contribution in [0.15, 0.2) is 30.3 Å². The van der Waals surface area contributed by atoms with Gasteiger partial charge in [-0.1, -0.05) is 36.8 Å². The van der Waals surface area contributed by atoms with Gasteiger partial charge >= 0.3 is 6.03 Å². The van der Waals surface area contributed by atoms with E-state index in [1.165, 1.54) is 24.8 Å². The highest BCUT2D eigenvalue weighted by Crippen LogP contribution is 2.49. The van der Waals surface area contributed by atoms with Gasteiger partial charge in [0, 0.05) is 31.7 Å². The lowest BCUT2D eigenvalue weighted by atomic mass is 9.68. The molecular weight excluding hydrogens is 456 g/mol. The van der Waals surface area contributed by atoms with Crippen LogP contribution >= 0.6 is 0 Å². The molecule has 3 amide bonds. The summed E-state index contributed by atoms with van der Waals surface area (Å²) in [4.78, 5) is 34.7. The fourth-order valence-corrected chi connectivity index (χ4v) is 6.92. The Hall–Kier alpha value is -2.16. The largest absolute Gasteiger partial charge is 0.390 e. The van der Waals surface area contributed by atoms with Crippen LogP contribution in [0.2, 0.25) is 0 Å². The van der Waals surface area contributed by atoms with Crippen molar-refractivity contribution < 1.29 is 19.8 Å². The number of benzene rings is 1. The van der Waals surface area contributed by atoms with Crippen molar-refractivity contribution in [2.75, 3.05) is 46.8 Å². The second-order valence-electron chi connectivity index (χ2n) is 11.8. The summed E-state index contributed by atoms with van der Waals surface area (Å²) in [6.45, 7) is 1.96. The maximum absolute atomic E-state index is 13.7. The number of nitrogens with zero attached hydrogens (tertiary/aromatic N) is 4. The van der Waals surface area contributed by atoms with Gasteiger partial charge in [-0.2, -0.15) is 0 Å². The van der Waals surface area contributed by atoms with E-state index in [1.54, 1.807) is 9.80 Å². The molecule has 2 saturated heterocycles. The summed E-state index contributed by atoms with van der Waals surface area (Å²) in [5, 5.41) is 19.9. The summed E-state index contributed by atoms with van der Waals surface area (Å²) in [6.07, 6.45) is 6.02. The standard InChI is InChI=1S/C28H42N4O4/c1-29(2)28(22-9-4-3-5-10-22)14-12-27(13-15-28)20-31(26(36)32(27)17-21-7-6-8-21)19-25(35)30-16-11-23(33)24(34)18-30/h3-5,9-10,21,23-24,33-34H,6-8,11-20H2,1-2H3/t23-,24-,27-,28+/m0/s1. The minimum absolute atomic E-state index is 0.00935. The number of amides is 3. The molecule has 0 radical (unpaired) electrons. The van der Waals surface area contributed by atoms with Gasteiger partial charge in [0.25, 0.3) is 0 Å². The van der Waals surface area contributed by atoms with Crippen LogP contribution in [0.5, 0.6) is 0 Å². The maximum atomic E-state index is 13.7. The third-order valence-electron chi connectivity index (χ3n) is 9.62. The Morgan fingerprint density at radius 3 is 2.31 bits per heavy atom. The Kier molecular flexibility index (Phi) is 7.05. The zero-order valence-corrected chi connectivity index (χ0v) is 21.8. The van der Waals surface area contributed by atoms with Gasteiger partial charge in [-0.15, -0.1) is 0 Å². The Morgan fingerprint density at radius 2 is 1.72 bits per heavy atom. The van der Waals surface area contributed by atoms with Crippen molar-refractivity contribution in [3.8, 4) is 0 Å². The summed E-state index contributed by atoms with van der Waals surface area (Å²) < 4.78 is 0. The number of hydrogen-bond donors (Lipinski definition) is 2. The molecule has 0 unspecified atom stereocenters. The summed E-state index contributed by atoms with van der Waals surface area (Å²) in [6, 6.07) is 10.7.